The molecule has 0 radical (unpaired) electrons. The molecule has 1 unspecified atom stereocenters. The predicted octanol–water partition coefficient (Wildman–Crippen LogP) is 2.47. The summed E-state index contributed by atoms with van der Waals surface area (Å²) in [6.45, 7) is 2.19. The Bertz CT molecular complexity index is 824. The molecule has 140 valence electrons. The maximum atomic E-state index is 13.8. The quantitative estimate of drug-likeness (QED) is 0.524. The van der Waals surface area contributed by atoms with Crippen molar-refractivity contribution in [2.24, 2.45) is 0 Å². The van der Waals surface area contributed by atoms with Crippen molar-refractivity contribution in [3.8, 4) is 0 Å². The molecule has 0 aliphatic rings. The predicted molar refractivity (Wildman–Crippen MR) is 95.1 cm³/mol. The van der Waals surface area contributed by atoms with Crippen LogP contribution in [0.1, 0.15) is 34.7 Å². The summed E-state index contributed by atoms with van der Waals surface area (Å²) in [5.41, 5.74) is -1.45. The highest BCUT2D eigenvalue weighted by Gasteiger charge is 2.27. The molecule has 0 aliphatic heterocycles. The van der Waals surface area contributed by atoms with Gasteiger partial charge in [-0.15, -0.1) is 11.3 Å². The largest absolute Gasteiger partial charge is 0.476 e. The van der Waals surface area contributed by atoms with Gasteiger partial charge in [0.2, 0.25) is 0 Å². The van der Waals surface area contributed by atoms with Gasteiger partial charge in [0.25, 0.3) is 5.91 Å². The number of thiazole rings is 1. The van der Waals surface area contributed by atoms with Crippen molar-refractivity contribution in [1.29, 1.82) is 0 Å². The molecule has 4 N–H and O–H groups in total. The summed E-state index contributed by atoms with van der Waals surface area (Å²) in [6, 6.07) is 1.36. The molecule has 2 rings (SSSR count). The number of aromatic carboxylic acids is 1. The highest BCUT2D eigenvalue weighted by atomic mass is 35.5. The summed E-state index contributed by atoms with van der Waals surface area (Å²) in [6.07, 6.45) is -0.469. The number of rotatable bonds is 7. The number of carbonyl (C=O) groups excluding carboxylic acids is 1. The van der Waals surface area contributed by atoms with E-state index >= 15 is 0 Å². The summed E-state index contributed by atoms with van der Waals surface area (Å²) >= 11 is 6.87. The monoisotopic (exact) mass is 402 g/mol. The van der Waals surface area contributed by atoms with E-state index < -0.39 is 30.2 Å². The second-order valence-electron chi connectivity index (χ2n) is 5.85. The van der Waals surface area contributed by atoms with Crippen LogP contribution in [0.4, 0.5) is 15.2 Å². The molecule has 0 spiro atoms. The van der Waals surface area contributed by atoms with E-state index in [-0.39, 0.29) is 27.2 Å². The molecule has 0 bridgehead atoms. The number of pyridine rings is 1. The first kappa shape index (κ1) is 20.0. The average molecular weight is 403 g/mol. The summed E-state index contributed by atoms with van der Waals surface area (Å²) < 4.78 is 13.8. The lowest BCUT2D eigenvalue weighted by molar-refractivity contribution is -0.00178. The Morgan fingerprint density at radius 2 is 2.15 bits per heavy atom. The minimum absolute atomic E-state index is 0.0596. The minimum Gasteiger partial charge on any atom is -0.476 e. The van der Waals surface area contributed by atoms with Crippen molar-refractivity contribution in [2.75, 3.05) is 11.9 Å². The average Bonchev–Trinajstić information content (AvgIpc) is 3.00. The van der Waals surface area contributed by atoms with Gasteiger partial charge >= 0.3 is 5.97 Å². The lowest BCUT2D eigenvalue weighted by Crippen LogP contribution is -2.42. The van der Waals surface area contributed by atoms with Crippen LogP contribution < -0.4 is 10.6 Å². The second-order valence-corrected chi connectivity index (χ2v) is 7.10. The number of aromatic nitrogens is 2. The molecule has 8 nitrogen and oxygen atoms in total. The topological polar surface area (TPSA) is 124 Å². The third-order valence-corrected chi connectivity index (χ3v) is 4.25. The Labute approximate surface area is 157 Å². The molecule has 2 heterocycles. The molecular weight excluding hydrogens is 387 g/mol. The van der Waals surface area contributed by atoms with Crippen LogP contribution in [0.2, 0.25) is 5.15 Å². The molecule has 0 aromatic carbocycles. The molecular formula is C15H16ClFN4O4S. The first-order valence-electron chi connectivity index (χ1n) is 7.34. The van der Waals surface area contributed by atoms with Gasteiger partial charge < -0.3 is 20.8 Å². The number of hydrogen-bond acceptors (Lipinski definition) is 7. The van der Waals surface area contributed by atoms with Crippen LogP contribution in [0.5, 0.6) is 0 Å². The van der Waals surface area contributed by atoms with Crippen LogP contribution in [0.3, 0.4) is 0 Å². The van der Waals surface area contributed by atoms with Gasteiger partial charge in [-0.05, 0) is 19.9 Å². The summed E-state index contributed by atoms with van der Waals surface area (Å²) in [4.78, 5) is 30.9. The van der Waals surface area contributed by atoms with E-state index in [1.54, 1.807) is 0 Å². The van der Waals surface area contributed by atoms with Gasteiger partial charge in [0.15, 0.2) is 10.8 Å². The number of nitrogens with one attached hydrogen (secondary N) is 2. The van der Waals surface area contributed by atoms with Crippen LogP contribution >= 0.6 is 22.9 Å². The maximum absolute atomic E-state index is 13.8. The van der Waals surface area contributed by atoms with Crippen LogP contribution in [0, 0.1) is 0 Å². The number of halogens is 2. The minimum atomic E-state index is -1.67. The molecule has 2 aromatic heterocycles. The van der Waals surface area contributed by atoms with E-state index in [1.807, 2.05) is 0 Å². The number of hydrogen-bond donors (Lipinski definition) is 4. The number of aliphatic hydroxyl groups is 1. The van der Waals surface area contributed by atoms with E-state index in [0.717, 1.165) is 11.3 Å². The first-order valence-corrected chi connectivity index (χ1v) is 8.59. The number of anilines is 2. The van der Waals surface area contributed by atoms with Crippen LogP contribution in [-0.2, 0) is 0 Å². The van der Waals surface area contributed by atoms with Gasteiger partial charge in [-0.3, -0.25) is 4.79 Å². The molecule has 2 aromatic rings. The third kappa shape index (κ3) is 5.10. The first-order chi connectivity index (χ1) is 12.1. The Morgan fingerprint density at radius 1 is 1.46 bits per heavy atom. The van der Waals surface area contributed by atoms with Crippen molar-refractivity contribution in [3.63, 3.8) is 0 Å². The molecule has 0 saturated heterocycles. The zero-order valence-corrected chi connectivity index (χ0v) is 15.4. The summed E-state index contributed by atoms with van der Waals surface area (Å²) in [7, 11) is 0. The van der Waals surface area contributed by atoms with Crippen LogP contribution in [0.15, 0.2) is 17.6 Å². The van der Waals surface area contributed by atoms with Crippen molar-refractivity contribution >= 4 is 45.6 Å². The van der Waals surface area contributed by atoms with Crippen molar-refractivity contribution in [2.45, 2.75) is 25.6 Å². The van der Waals surface area contributed by atoms with Crippen LogP contribution in [0.25, 0.3) is 0 Å². The number of carboxylic acid groups (broad SMARTS) is 1. The molecule has 11 heteroatoms. The lowest BCUT2D eigenvalue weighted by atomic mass is 10.0. The Morgan fingerprint density at radius 3 is 2.73 bits per heavy atom. The van der Waals surface area contributed by atoms with Gasteiger partial charge in [-0.25, -0.2) is 19.2 Å². The fourth-order valence-electron chi connectivity index (χ4n) is 1.79. The number of amides is 1. The number of carbonyl (C=O) groups is 2. The zero-order valence-electron chi connectivity index (χ0n) is 13.8. The van der Waals surface area contributed by atoms with Gasteiger partial charge in [-0.2, -0.15) is 0 Å². The fourth-order valence-corrected chi connectivity index (χ4v) is 2.64. The van der Waals surface area contributed by atoms with E-state index in [9.17, 15) is 19.1 Å². The Hall–Kier alpha value is -2.30. The van der Waals surface area contributed by atoms with Crippen molar-refractivity contribution in [1.82, 2.24) is 15.3 Å². The van der Waals surface area contributed by atoms with Gasteiger partial charge in [0.05, 0.1) is 23.4 Å². The number of carboxylic acids is 1. The fraction of sp³-hybridized carbons (Fsp3) is 0.333. The van der Waals surface area contributed by atoms with Crippen molar-refractivity contribution < 1.29 is 24.2 Å². The zero-order chi connectivity index (χ0) is 19.5. The van der Waals surface area contributed by atoms with E-state index in [1.165, 1.54) is 31.5 Å². The summed E-state index contributed by atoms with van der Waals surface area (Å²) in [5, 5.41) is 25.3. The Kier molecular flexibility index (Phi) is 6.11. The van der Waals surface area contributed by atoms with Crippen molar-refractivity contribution in [3.05, 3.63) is 34.1 Å². The second kappa shape index (κ2) is 7.94. The molecule has 0 saturated carbocycles. The van der Waals surface area contributed by atoms with Gasteiger partial charge in [0, 0.05) is 11.6 Å². The number of nitrogens with zero attached hydrogens (tertiary/aromatic N) is 2. The SMILES string of the molecule is CC(C)(O)C(F)CNC(=O)c1cnc(Cl)cc1Nc1nc(C(=O)O)cs1. The van der Waals surface area contributed by atoms with E-state index in [2.05, 4.69) is 20.6 Å². The summed E-state index contributed by atoms with van der Waals surface area (Å²) in [5.74, 6) is -1.82. The molecule has 1 atom stereocenters. The highest BCUT2D eigenvalue weighted by Crippen LogP contribution is 2.25. The molecule has 1 amide bonds. The Balaban J connectivity index is 2.18. The van der Waals surface area contributed by atoms with Gasteiger partial charge in [0.1, 0.15) is 11.3 Å². The molecule has 0 fully saturated rings. The van der Waals surface area contributed by atoms with E-state index in [4.69, 9.17) is 16.7 Å². The smallest absolute Gasteiger partial charge is 0.355 e. The maximum Gasteiger partial charge on any atom is 0.355 e. The lowest BCUT2D eigenvalue weighted by Gasteiger charge is -2.22. The normalized spacial score (nSPS) is 12.5. The standard InChI is InChI=1S/C15H16ClFN4O4S/c1-15(2,25)10(17)5-19-12(22)7-4-18-11(16)3-8(7)20-14-21-9(6-26-14)13(23)24/h3-4,6,10,25H,5H2,1-2H3,(H,19,22)(H,23,24)(H,18,20,21). The molecule has 0 aliphatic carbocycles. The van der Waals surface area contributed by atoms with Gasteiger partial charge in [-0.1, -0.05) is 11.6 Å². The highest BCUT2D eigenvalue weighted by molar-refractivity contribution is 7.14. The number of alkyl halides is 1. The molecule has 26 heavy (non-hydrogen) atoms. The van der Waals surface area contributed by atoms with Crippen LogP contribution in [-0.4, -0.2) is 50.4 Å². The third-order valence-electron chi connectivity index (χ3n) is 3.29. The van der Waals surface area contributed by atoms with E-state index in [0.29, 0.717) is 0 Å².